The van der Waals surface area contributed by atoms with Gasteiger partial charge in [-0.15, -0.1) is 0 Å². The molecule has 3 nitrogen and oxygen atoms in total. The van der Waals surface area contributed by atoms with Crippen LogP contribution in [0.5, 0.6) is 5.75 Å². The normalized spacial score (nSPS) is 12.6. The number of benzene rings is 1. The van der Waals surface area contributed by atoms with Gasteiger partial charge in [0.05, 0.1) is 6.54 Å². The Morgan fingerprint density at radius 3 is 2.52 bits per heavy atom. The summed E-state index contributed by atoms with van der Waals surface area (Å²) in [4.78, 5) is 0. The van der Waals surface area contributed by atoms with Crippen molar-refractivity contribution in [3.05, 3.63) is 53.5 Å². The molecular weight excluding hydrogens is 276 g/mol. The maximum Gasteiger partial charge on any atom is 0.387 e. The predicted molar refractivity (Wildman–Crippen MR) is 76.4 cm³/mol. The van der Waals surface area contributed by atoms with E-state index in [0.717, 1.165) is 17.9 Å². The summed E-state index contributed by atoms with van der Waals surface area (Å²) in [6.45, 7) is 1.63. The summed E-state index contributed by atoms with van der Waals surface area (Å²) in [5.41, 5.74) is 0.695. The van der Waals surface area contributed by atoms with Crippen LogP contribution >= 0.6 is 0 Å². The molecule has 1 N–H and O–H groups in total. The lowest BCUT2D eigenvalue weighted by molar-refractivity contribution is -0.0506. The zero-order chi connectivity index (χ0) is 15.2. The second-order valence-corrected chi connectivity index (χ2v) is 4.74. The third-order valence-corrected chi connectivity index (χ3v) is 3.25. The maximum atomic E-state index is 12.4. The highest BCUT2D eigenvalue weighted by atomic mass is 19.3. The topological polar surface area (TPSA) is 34.4 Å². The van der Waals surface area contributed by atoms with Crippen molar-refractivity contribution in [3.63, 3.8) is 0 Å². The van der Waals surface area contributed by atoms with Crippen molar-refractivity contribution in [2.24, 2.45) is 0 Å². The first-order chi connectivity index (χ1) is 10.1. The lowest BCUT2D eigenvalue weighted by atomic mass is 10.1. The molecule has 0 saturated carbocycles. The van der Waals surface area contributed by atoms with Crippen LogP contribution in [0.4, 0.5) is 8.78 Å². The van der Waals surface area contributed by atoms with Crippen molar-refractivity contribution in [2.75, 3.05) is 0 Å². The SMILES string of the molecule is CCc1ccc(CNC(C)c2ccccc2OC(F)F)o1. The molecule has 1 heterocycles. The lowest BCUT2D eigenvalue weighted by Crippen LogP contribution is -2.19. The third kappa shape index (κ3) is 4.29. The Balaban J connectivity index is 2.01. The molecule has 0 aliphatic rings. The Kier molecular flexibility index (Phi) is 5.33. The van der Waals surface area contributed by atoms with Crippen LogP contribution in [0.25, 0.3) is 0 Å². The third-order valence-electron chi connectivity index (χ3n) is 3.25. The monoisotopic (exact) mass is 295 g/mol. The van der Waals surface area contributed by atoms with E-state index in [1.54, 1.807) is 24.3 Å². The van der Waals surface area contributed by atoms with Crippen molar-refractivity contribution >= 4 is 0 Å². The van der Waals surface area contributed by atoms with Crippen LogP contribution in [0.2, 0.25) is 0 Å². The van der Waals surface area contributed by atoms with Gasteiger partial charge in [0.1, 0.15) is 17.3 Å². The molecule has 2 rings (SSSR count). The van der Waals surface area contributed by atoms with Gasteiger partial charge in [-0.3, -0.25) is 0 Å². The van der Waals surface area contributed by atoms with Crippen molar-refractivity contribution in [1.82, 2.24) is 5.32 Å². The van der Waals surface area contributed by atoms with E-state index in [9.17, 15) is 8.78 Å². The van der Waals surface area contributed by atoms with Gasteiger partial charge in [0, 0.05) is 18.0 Å². The number of ether oxygens (including phenoxy) is 1. The summed E-state index contributed by atoms with van der Waals surface area (Å²) < 4.78 is 34.9. The number of aryl methyl sites for hydroxylation is 1. The fraction of sp³-hybridized carbons (Fsp3) is 0.375. The number of nitrogens with one attached hydrogen (secondary N) is 1. The van der Waals surface area contributed by atoms with E-state index in [2.05, 4.69) is 10.1 Å². The first-order valence-electron chi connectivity index (χ1n) is 6.95. The van der Waals surface area contributed by atoms with Crippen LogP contribution in [0.3, 0.4) is 0 Å². The van der Waals surface area contributed by atoms with Crippen LogP contribution in [-0.2, 0) is 13.0 Å². The molecular formula is C16H19F2NO2. The van der Waals surface area contributed by atoms with E-state index in [1.165, 1.54) is 0 Å². The van der Waals surface area contributed by atoms with E-state index in [1.807, 2.05) is 26.0 Å². The summed E-state index contributed by atoms with van der Waals surface area (Å²) >= 11 is 0. The average Bonchev–Trinajstić information content (AvgIpc) is 2.93. The zero-order valence-corrected chi connectivity index (χ0v) is 12.1. The van der Waals surface area contributed by atoms with Gasteiger partial charge >= 0.3 is 6.61 Å². The number of para-hydroxylation sites is 1. The fourth-order valence-electron chi connectivity index (χ4n) is 2.11. The molecule has 21 heavy (non-hydrogen) atoms. The van der Waals surface area contributed by atoms with E-state index >= 15 is 0 Å². The number of hydrogen-bond donors (Lipinski definition) is 1. The van der Waals surface area contributed by atoms with Gasteiger partial charge in [-0.25, -0.2) is 0 Å². The number of alkyl halides is 2. The molecule has 0 fully saturated rings. The quantitative estimate of drug-likeness (QED) is 0.827. The van der Waals surface area contributed by atoms with E-state index in [4.69, 9.17) is 4.42 Å². The highest BCUT2D eigenvalue weighted by Crippen LogP contribution is 2.26. The molecule has 1 aromatic heterocycles. The Bertz CT molecular complexity index is 569. The fourth-order valence-corrected chi connectivity index (χ4v) is 2.11. The minimum absolute atomic E-state index is 0.130. The van der Waals surface area contributed by atoms with Crippen LogP contribution < -0.4 is 10.1 Å². The van der Waals surface area contributed by atoms with Gasteiger partial charge in [0.2, 0.25) is 0 Å². The molecule has 0 bridgehead atoms. The first kappa shape index (κ1) is 15.5. The lowest BCUT2D eigenvalue weighted by Gasteiger charge is -2.17. The van der Waals surface area contributed by atoms with Crippen LogP contribution in [-0.4, -0.2) is 6.61 Å². The van der Waals surface area contributed by atoms with Gasteiger partial charge in [0.15, 0.2) is 0 Å². The molecule has 0 spiro atoms. The maximum absolute atomic E-state index is 12.4. The van der Waals surface area contributed by atoms with Gasteiger partial charge < -0.3 is 14.5 Å². The van der Waals surface area contributed by atoms with Crippen LogP contribution in [0, 0.1) is 0 Å². The average molecular weight is 295 g/mol. The number of hydrogen-bond acceptors (Lipinski definition) is 3. The highest BCUT2D eigenvalue weighted by Gasteiger charge is 2.14. The highest BCUT2D eigenvalue weighted by molar-refractivity contribution is 5.35. The van der Waals surface area contributed by atoms with Crippen molar-refractivity contribution in [1.29, 1.82) is 0 Å². The molecule has 1 aromatic carbocycles. The summed E-state index contributed by atoms with van der Waals surface area (Å²) in [6.07, 6.45) is 0.848. The van der Waals surface area contributed by atoms with Crippen molar-refractivity contribution in [3.8, 4) is 5.75 Å². The van der Waals surface area contributed by atoms with Gasteiger partial charge in [-0.1, -0.05) is 25.1 Å². The Morgan fingerprint density at radius 1 is 1.14 bits per heavy atom. The summed E-state index contributed by atoms with van der Waals surface area (Å²) in [7, 11) is 0. The molecule has 0 saturated heterocycles. The van der Waals surface area contributed by atoms with Gasteiger partial charge in [0.25, 0.3) is 0 Å². The minimum Gasteiger partial charge on any atom is -0.465 e. The molecule has 0 aliphatic heterocycles. The summed E-state index contributed by atoms with van der Waals surface area (Å²) in [6, 6.07) is 10.5. The van der Waals surface area contributed by atoms with E-state index < -0.39 is 6.61 Å². The largest absolute Gasteiger partial charge is 0.465 e. The molecule has 0 aliphatic carbocycles. The Labute approximate surface area is 122 Å². The van der Waals surface area contributed by atoms with Crippen LogP contribution in [0.15, 0.2) is 40.8 Å². The standard InChI is InChI=1S/C16H19F2NO2/c1-3-12-8-9-13(20-12)10-19-11(2)14-6-4-5-7-15(14)21-16(17)18/h4-9,11,16,19H,3,10H2,1-2H3. The second-order valence-electron chi connectivity index (χ2n) is 4.74. The Hall–Kier alpha value is -1.88. The molecule has 0 radical (unpaired) electrons. The minimum atomic E-state index is -2.82. The smallest absolute Gasteiger partial charge is 0.387 e. The number of rotatable bonds is 7. The molecule has 0 amide bonds. The van der Waals surface area contributed by atoms with Crippen molar-refractivity contribution in [2.45, 2.75) is 39.5 Å². The van der Waals surface area contributed by atoms with Gasteiger partial charge in [-0.05, 0) is 25.1 Å². The molecule has 114 valence electrons. The number of furan rings is 1. The predicted octanol–water partition coefficient (Wildman–Crippen LogP) is 4.29. The Morgan fingerprint density at radius 2 is 1.86 bits per heavy atom. The zero-order valence-electron chi connectivity index (χ0n) is 12.1. The van der Waals surface area contributed by atoms with E-state index in [0.29, 0.717) is 12.1 Å². The van der Waals surface area contributed by atoms with Crippen LogP contribution in [0.1, 0.15) is 37.0 Å². The molecule has 1 unspecified atom stereocenters. The summed E-state index contributed by atoms with van der Waals surface area (Å²) in [5.74, 6) is 1.95. The summed E-state index contributed by atoms with van der Waals surface area (Å²) in [5, 5.41) is 3.25. The first-order valence-corrected chi connectivity index (χ1v) is 6.95. The molecule has 1 atom stereocenters. The second kappa shape index (κ2) is 7.22. The van der Waals surface area contributed by atoms with Crippen molar-refractivity contribution < 1.29 is 17.9 Å². The van der Waals surface area contributed by atoms with Gasteiger partial charge in [-0.2, -0.15) is 8.78 Å². The molecule has 5 heteroatoms. The molecule has 2 aromatic rings. The van der Waals surface area contributed by atoms with E-state index in [-0.39, 0.29) is 11.8 Å². The number of halogens is 2.